The minimum Gasteiger partial charge on any atom is -0.330 e. The minimum atomic E-state index is 0.231. The lowest BCUT2D eigenvalue weighted by molar-refractivity contribution is 0.301. The molecule has 0 radical (unpaired) electrons. The van der Waals surface area contributed by atoms with Crippen molar-refractivity contribution >= 4 is 21.6 Å². The molecule has 1 aliphatic rings. The Hall–Kier alpha value is -0.930. The van der Waals surface area contributed by atoms with Gasteiger partial charge in [0.2, 0.25) is 0 Å². The zero-order chi connectivity index (χ0) is 11.7. The molecule has 0 bridgehead atoms. The van der Waals surface area contributed by atoms with Gasteiger partial charge in [0.05, 0.1) is 4.70 Å². The van der Waals surface area contributed by atoms with Crippen molar-refractivity contribution < 1.29 is 0 Å². The first-order valence-electron chi connectivity index (χ1n) is 6.39. The van der Waals surface area contributed by atoms with Crippen LogP contribution in [0.1, 0.15) is 37.7 Å². The molecule has 2 nitrogen and oxygen atoms in total. The van der Waals surface area contributed by atoms with Crippen molar-refractivity contribution in [1.29, 1.82) is 0 Å². The Labute approximate surface area is 106 Å². The quantitative estimate of drug-likeness (QED) is 0.881. The highest BCUT2D eigenvalue weighted by Crippen LogP contribution is 2.39. The Morgan fingerprint density at radius 3 is 2.82 bits per heavy atom. The predicted octanol–water partition coefficient (Wildman–Crippen LogP) is 3.46. The van der Waals surface area contributed by atoms with Gasteiger partial charge < -0.3 is 5.73 Å². The summed E-state index contributed by atoms with van der Waals surface area (Å²) in [5.41, 5.74) is 7.73. The van der Waals surface area contributed by atoms with Crippen LogP contribution in [0.4, 0.5) is 0 Å². The van der Waals surface area contributed by atoms with Gasteiger partial charge in [-0.1, -0.05) is 25.3 Å². The number of fused-ring (bicyclic) bond motifs is 1. The van der Waals surface area contributed by atoms with Crippen LogP contribution in [0.25, 0.3) is 10.1 Å². The van der Waals surface area contributed by atoms with Crippen LogP contribution in [0.2, 0.25) is 0 Å². The summed E-state index contributed by atoms with van der Waals surface area (Å²) in [6.07, 6.45) is 8.45. The predicted molar refractivity (Wildman–Crippen MR) is 73.4 cm³/mol. The van der Waals surface area contributed by atoms with Gasteiger partial charge in [0.1, 0.15) is 0 Å². The van der Waals surface area contributed by atoms with Crippen molar-refractivity contribution in [2.24, 2.45) is 5.73 Å². The standard InChI is InChI=1S/C14H18N2S/c15-10-14(6-2-1-3-7-14)12-4-5-13-11(8-12)9-16-17-13/h4-5,8-9H,1-3,6-7,10,15H2. The van der Waals surface area contributed by atoms with Gasteiger partial charge in [-0.3, -0.25) is 0 Å². The summed E-state index contributed by atoms with van der Waals surface area (Å²) < 4.78 is 5.52. The molecular weight excluding hydrogens is 228 g/mol. The molecular formula is C14H18N2S. The molecule has 1 aliphatic carbocycles. The van der Waals surface area contributed by atoms with Crippen LogP contribution >= 0.6 is 11.5 Å². The third kappa shape index (κ3) is 1.87. The maximum absolute atomic E-state index is 6.08. The molecule has 1 saturated carbocycles. The fraction of sp³-hybridized carbons (Fsp3) is 0.500. The first kappa shape index (κ1) is 11.2. The second-order valence-electron chi connectivity index (χ2n) is 5.12. The van der Waals surface area contributed by atoms with Gasteiger partial charge in [0.25, 0.3) is 0 Å². The molecule has 0 spiro atoms. The van der Waals surface area contributed by atoms with Crippen LogP contribution in [-0.2, 0) is 5.41 Å². The average Bonchev–Trinajstić information content (AvgIpc) is 2.86. The van der Waals surface area contributed by atoms with Crippen molar-refractivity contribution in [2.45, 2.75) is 37.5 Å². The van der Waals surface area contributed by atoms with E-state index in [0.717, 1.165) is 6.54 Å². The van der Waals surface area contributed by atoms with Crippen LogP contribution in [-0.4, -0.2) is 10.9 Å². The minimum absolute atomic E-state index is 0.231. The zero-order valence-electron chi connectivity index (χ0n) is 9.98. The molecule has 17 heavy (non-hydrogen) atoms. The number of aromatic nitrogens is 1. The van der Waals surface area contributed by atoms with E-state index in [1.165, 1.54) is 47.8 Å². The van der Waals surface area contributed by atoms with Gasteiger partial charge in [-0.25, -0.2) is 0 Å². The monoisotopic (exact) mass is 246 g/mol. The number of hydrogen-bond acceptors (Lipinski definition) is 3. The summed E-state index contributed by atoms with van der Waals surface area (Å²) in [5, 5.41) is 1.27. The van der Waals surface area contributed by atoms with Crippen molar-refractivity contribution in [2.75, 3.05) is 6.54 Å². The van der Waals surface area contributed by atoms with Crippen LogP contribution in [0.5, 0.6) is 0 Å². The molecule has 1 heterocycles. The number of benzene rings is 1. The summed E-state index contributed by atoms with van der Waals surface area (Å²) in [5.74, 6) is 0. The SMILES string of the molecule is NCC1(c2ccc3sncc3c2)CCCCC1. The average molecular weight is 246 g/mol. The van der Waals surface area contributed by atoms with Crippen molar-refractivity contribution in [1.82, 2.24) is 4.37 Å². The fourth-order valence-corrected chi connectivity index (χ4v) is 3.67. The molecule has 2 N–H and O–H groups in total. The third-order valence-electron chi connectivity index (χ3n) is 4.17. The Morgan fingerprint density at radius 2 is 2.06 bits per heavy atom. The molecule has 90 valence electrons. The molecule has 0 amide bonds. The smallest absolute Gasteiger partial charge is 0.0550 e. The van der Waals surface area contributed by atoms with Crippen molar-refractivity contribution in [3.8, 4) is 0 Å². The maximum atomic E-state index is 6.08. The number of hydrogen-bond donors (Lipinski definition) is 1. The van der Waals surface area contributed by atoms with E-state index in [9.17, 15) is 0 Å². The van der Waals surface area contributed by atoms with E-state index in [2.05, 4.69) is 22.6 Å². The first-order chi connectivity index (χ1) is 8.34. The topological polar surface area (TPSA) is 38.9 Å². The zero-order valence-corrected chi connectivity index (χ0v) is 10.8. The normalized spacial score (nSPS) is 19.6. The van der Waals surface area contributed by atoms with E-state index in [1.807, 2.05) is 6.20 Å². The van der Waals surface area contributed by atoms with Crippen LogP contribution in [0.15, 0.2) is 24.4 Å². The van der Waals surface area contributed by atoms with Gasteiger partial charge in [0.15, 0.2) is 0 Å². The summed E-state index contributed by atoms with van der Waals surface area (Å²) >= 11 is 1.57. The Bertz CT molecular complexity index is 512. The maximum Gasteiger partial charge on any atom is 0.0550 e. The Balaban J connectivity index is 2.04. The van der Waals surface area contributed by atoms with E-state index in [4.69, 9.17) is 5.73 Å². The van der Waals surface area contributed by atoms with E-state index in [1.54, 1.807) is 11.5 Å². The van der Waals surface area contributed by atoms with Gasteiger partial charge in [0, 0.05) is 23.5 Å². The summed E-state index contributed by atoms with van der Waals surface area (Å²) in [4.78, 5) is 0. The molecule has 0 aliphatic heterocycles. The van der Waals surface area contributed by atoms with Crippen LogP contribution < -0.4 is 5.73 Å². The van der Waals surface area contributed by atoms with Gasteiger partial charge in [-0.15, -0.1) is 0 Å². The molecule has 0 unspecified atom stereocenters. The molecule has 1 aromatic carbocycles. The molecule has 3 rings (SSSR count). The number of rotatable bonds is 2. The number of nitrogens with zero attached hydrogens (tertiary/aromatic N) is 1. The lowest BCUT2D eigenvalue weighted by atomic mass is 9.69. The highest BCUT2D eigenvalue weighted by Gasteiger charge is 2.32. The number of nitrogens with two attached hydrogens (primary N) is 1. The summed E-state index contributed by atoms with van der Waals surface area (Å²) in [7, 11) is 0. The first-order valence-corrected chi connectivity index (χ1v) is 7.16. The highest BCUT2D eigenvalue weighted by atomic mass is 32.1. The fourth-order valence-electron chi connectivity index (χ4n) is 3.04. The molecule has 3 heteroatoms. The lowest BCUT2D eigenvalue weighted by Gasteiger charge is -2.36. The van der Waals surface area contributed by atoms with Crippen molar-refractivity contribution in [3.63, 3.8) is 0 Å². The van der Waals surface area contributed by atoms with E-state index in [-0.39, 0.29) is 5.41 Å². The van der Waals surface area contributed by atoms with E-state index < -0.39 is 0 Å². The highest BCUT2D eigenvalue weighted by molar-refractivity contribution is 7.13. The Morgan fingerprint density at radius 1 is 1.24 bits per heavy atom. The summed E-state index contributed by atoms with van der Waals surface area (Å²) in [6, 6.07) is 6.77. The van der Waals surface area contributed by atoms with Gasteiger partial charge in [-0.05, 0) is 42.1 Å². The molecule has 0 saturated heterocycles. The van der Waals surface area contributed by atoms with E-state index in [0.29, 0.717) is 0 Å². The Kier molecular flexibility index (Phi) is 2.89. The largest absolute Gasteiger partial charge is 0.330 e. The summed E-state index contributed by atoms with van der Waals surface area (Å²) in [6.45, 7) is 0.774. The molecule has 1 aromatic heterocycles. The van der Waals surface area contributed by atoms with Gasteiger partial charge >= 0.3 is 0 Å². The second kappa shape index (κ2) is 4.39. The lowest BCUT2D eigenvalue weighted by Crippen LogP contribution is -2.37. The van der Waals surface area contributed by atoms with Crippen LogP contribution in [0, 0.1) is 0 Å². The second-order valence-corrected chi connectivity index (χ2v) is 5.96. The molecule has 0 atom stereocenters. The molecule has 2 aromatic rings. The van der Waals surface area contributed by atoms with Crippen LogP contribution in [0.3, 0.4) is 0 Å². The molecule has 1 fully saturated rings. The van der Waals surface area contributed by atoms with Gasteiger partial charge in [-0.2, -0.15) is 4.37 Å². The van der Waals surface area contributed by atoms with Crippen molar-refractivity contribution in [3.05, 3.63) is 30.0 Å². The third-order valence-corrected chi connectivity index (χ3v) is 4.95. The van der Waals surface area contributed by atoms with E-state index >= 15 is 0 Å².